The molecule has 1 fully saturated rings. The molecule has 2 aromatic carbocycles. The second-order valence-corrected chi connectivity index (χ2v) is 9.14. The topological polar surface area (TPSA) is 83.5 Å². The number of methoxy groups -OCH3 is 1. The Morgan fingerprint density at radius 2 is 1.42 bits per heavy atom. The summed E-state index contributed by atoms with van der Waals surface area (Å²) in [4.78, 5) is 12.4. The Labute approximate surface area is 195 Å². The van der Waals surface area contributed by atoms with Gasteiger partial charge in [0.1, 0.15) is 31.0 Å². The standard InChI is InChI=1S/C26H34O7/c1-26(2,3)25(28)32-17-20-22(30-15-18-11-7-5-8-12-18)23(21(27)24(29-4)33-20)31-16-19-13-9-6-10-14-19/h5-14,20-24,27H,15-17H2,1-4H3/t20-,21+,22-,23-,24+/m1/s1. The highest BCUT2D eigenvalue weighted by molar-refractivity contribution is 5.75. The zero-order valence-corrected chi connectivity index (χ0v) is 19.7. The Kier molecular flexibility index (Phi) is 9.00. The minimum atomic E-state index is -1.09. The van der Waals surface area contributed by atoms with E-state index in [0.29, 0.717) is 0 Å². The van der Waals surface area contributed by atoms with Gasteiger partial charge in [0, 0.05) is 7.11 Å². The molecule has 0 amide bonds. The summed E-state index contributed by atoms with van der Waals surface area (Å²) in [6, 6.07) is 19.4. The minimum Gasteiger partial charge on any atom is -0.462 e. The number of aliphatic hydroxyl groups excluding tert-OH is 1. The van der Waals surface area contributed by atoms with E-state index in [1.165, 1.54) is 7.11 Å². The lowest BCUT2D eigenvalue weighted by molar-refractivity contribution is -0.312. The number of benzene rings is 2. The summed E-state index contributed by atoms with van der Waals surface area (Å²) in [7, 11) is 1.45. The molecular weight excluding hydrogens is 424 g/mol. The smallest absolute Gasteiger partial charge is 0.311 e. The average molecular weight is 459 g/mol. The van der Waals surface area contributed by atoms with Crippen molar-refractivity contribution < 1.29 is 33.6 Å². The van der Waals surface area contributed by atoms with Crippen LogP contribution < -0.4 is 0 Å². The number of hydrogen-bond donors (Lipinski definition) is 1. The lowest BCUT2D eigenvalue weighted by atomic mass is 9.96. The van der Waals surface area contributed by atoms with Gasteiger partial charge in [0.25, 0.3) is 0 Å². The SMILES string of the molecule is CO[C@H]1O[C@H](COC(=O)C(C)(C)C)[C@@H](OCc2ccccc2)[C@H](OCc2ccccc2)[C@@H]1O. The third kappa shape index (κ3) is 7.09. The molecule has 1 heterocycles. The van der Waals surface area contributed by atoms with E-state index in [-0.39, 0.29) is 25.8 Å². The van der Waals surface area contributed by atoms with Crippen LogP contribution in [0, 0.1) is 5.41 Å². The number of rotatable bonds is 9. The van der Waals surface area contributed by atoms with Gasteiger partial charge < -0.3 is 28.8 Å². The van der Waals surface area contributed by atoms with Crippen molar-refractivity contribution in [3.63, 3.8) is 0 Å². The molecule has 2 aromatic rings. The van der Waals surface area contributed by atoms with E-state index in [1.807, 2.05) is 60.7 Å². The number of ether oxygens (including phenoxy) is 5. The molecule has 1 aliphatic heterocycles. The molecule has 5 atom stereocenters. The Bertz CT molecular complexity index is 850. The molecule has 7 heteroatoms. The van der Waals surface area contributed by atoms with E-state index in [2.05, 4.69) is 0 Å². The van der Waals surface area contributed by atoms with Crippen LogP contribution in [0.3, 0.4) is 0 Å². The maximum absolute atomic E-state index is 12.4. The van der Waals surface area contributed by atoms with Crippen LogP contribution in [-0.4, -0.2) is 55.5 Å². The highest BCUT2D eigenvalue weighted by Crippen LogP contribution is 2.29. The van der Waals surface area contributed by atoms with Gasteiger partial charge in [-0.25, -0.2) is 0 Å². The average Bonchev–Trinajstić information content (AvgIpc) is 2.81. The maximum Gasteiger partial charge on any atom is 0.311 e. The fourth-order valence-corrected chi connectivity index (χ4v) is 3.52. The van der Waals surface area contributed by atoms with Crippen LogP contribution in [0.2, 0.25) is 0 Å². The summed E-state index contributed by atoms with van der Waals surface area (Å²) < 4.78 is 29.2. The third-order valence-corrected chi connectivity index (χ3v) is 5.41. The summed E-state index contributed by atoms with van der Waals surface area (Å²) in [5, 5.41) is 10.9. The molecule has 1 N–H and O–H groups in total. The van der Waals surface area contributed by atoms with Gasteiger partial charge >= 0.3 is 5.97 Å². The van der Waals surface area contributed by atoms with E-state index >= 15 is 0 Å². The molecule has 1 aliphatic rings. The van der Waals surface area contributed by atoms with Crippen molar-refractivity contribution in [1.29, 1.82) is 0 Å². The second kappa shape index (κ2) is 11.7. The zero-order valence-electron chi connectivity index (χ0n) is 19.7. The summed E-state index contributed by atoms with van der Waals surface area (Å²) >= 11 is 0. The van der Waals surface area contributed by atoms with Gasteiger partial charge in [-0.1, -0.05) is 60.7 Å². The van der Waals surface area contributed by atoms with Gasteiger partial charge in [0.2, 0.25) is 0 Å². The first kappa shape index (κ1) is 25.3. The normalized spacial score (nSPS) is 25.5. The number of esters is 1. The summed E-state index contributed by atoms with van der Waals surface area (Å²) in [6.07, 6.45) is -4.17. The van der Waals surface area contributed by atoms with Gasteiger partial charge in [-0.2, -0.15) is 0 Å². The Hall–Kier alpha value is -2.29. The van der Waals surface area contributed by atoms with E-state index in [0.717, 1.165) is 11.1 Å². The molecule has 0 radical (unpaired) electrons. The van der Waals surface area contributed by atoms with Crippen molar-refractivity contribution in [2.45, 2.75) is 64.7 Å². The van der Waals surface area contributed by atoms with Gasteiger partial charge in [0.05, 0.1) is 18.6 Å². The number of aliphatic hydroxyl groups is 1. The van der Waals surface area contributed by atoms with Crippen LogP contribution in [0.15, 0.2) is 60.7 Å². The summed E-state index contributed by atoms with van der Waals surface area (Å²) in [5.41, 5.74) is 1.27. The molecule has 0 spiro atoms. The lowest BCUT2D eigenvalue weighted by Crippen LogP contribution is -2.61. The Balaban J connectivity index is 1.79. The first-order chi connectivity index (χ1) is 15.8. The van der Waals surface area contributed by atoms with Crippen LogP contribution in [0.25, 0.3) is 0 Å². The molecule has 0 unspecified atom stereocenters. The fraction of sp³-hybridized carbons (Fsp3) is 0.500. The van der Waals surface area contributed by atoms with Gasteiger partial charge in [0.15, 0.2) is 6.29 Å². The molecule has 3 rings (SSSR count). The summed E-state index contributed by atoms with van der Waals surface area (Å²) in [5.74, 6) is -0.352. The fourth-order valence-electron chi connectivity index (χ4n) is 3.52. The first-order valence-electron chi connectivity index (χ1n) is 11.1. The van der Waals surface area contributed by atoms with Crippen molar-refractivity contribution in [2.75, 3.05) is 13.7 Å². The van der Waals surface area contributed by atoms with Crippen molar-refractivity contribution in [1.82, 2.24) is 0 Å². The first-order valence-corrected chi connectivity index (χ1v) is 11.1. The second-order valence-electron chi connectivity index (χ2n) is 9.14. The monoisotopic (exact) mass is 458 g/mol. The molecule has 7 nitrogen and oxygen atoms in total. The molecular formula is C26H34O7. The molecule has 0 bridgehead atoms. The van der Waals surface area contributed by atoms with Gasteiger partial charge in [-0.15, -0.1) is 0 Å². The van der Waals surface area contributed by atoms with E-state index < -0.39 is 36.1 Å². The quantitative estimate of drug-likeness (QED) is 0.576. The number of hydrogen-bond acceptors (Lipinski definition) is 7. The van der Waals surface area contributed by atoms with E-state index in [4.69, 9.17) is 23.7 Å². The summed E-state index contributed by atoms with van der Waals surface area (Å²) in [6.45, 7) is 5.87. The Morgan fingerprint density at radius 1 is 0.909 bits per heavy atom. The highest BCUT2D eigenvalue weighted by atomic mass is 16.7. The molecule has 180 valence electrons. The molecule has 0 saturated carbocycles. The maximum atomic E-state index is 12.4. The molecule has 0 aromatic heterocycles. The van der Waals surface area contributed by atoms with E-state index in [1.54, 1.807) is 20.8 Å². The van der Waals surface area contributed by atoms with E-state index in [9.17, 15) is 9.90 Å². The minimum absolute atomic E-state index is 0.0483. The number of carbonyl (C=O) groups excluding carboxylic acids is 1. The van der Waals surface area contributed by atoms with Crippen LogP contribution >= 0.6 is 0 Å². The van der Waals surface area contributed by atoms with Crippen LogP contribution in [0.4, 0.5) is 0 Å². The van der Waals surface area contributed by atoms with Crippen molar-refractivity contribution >= 4 is 5.97 Å². The predicted octanol–water partition coefficient (Wildman–Crippen LogP) is 3.48. The molecule has 1 saturated heterocycles. The van der Waals surface area contributed by atoms with Crippen molar-refractivity contribution in [3.8, 4) is 0 Å². The van der Waals surface area contributed by atoms with Gasteiger partial charge in [-0.3, -0.25) is 4.79 Å². The van der Waals surface area contributed by atoms with Crippen LogP contribution in [0.5, 0.6) is 0 Å². The third-order valence-electron chi connectivity index (χ3n) is 5.41. The van der Waals surface area contributed by atoms with Crippen molar-refractivity contribution in [2.24, 2.45) is 5.41 Å². The number of carbonyl (C=O) groups is 1. The van der Waals surface area contributed by atoms with Crippen LogP contribution in [-0.2, 0) is 41.7 Å². The van der Waals surface area contributed by atoms with Gasteiger partial charge in [-0.05, 0) is 31.9 Å². The Morgan fingerprint density at radius 3 is 1.91 bits per heavy atom. The largest absolute Gasteiger partial charge is 0.462 e. The van der Waals surface area contributed by atoms with Crippen LogP contribution in [0.1, 0.15) is 31.9 Å². The zero-order chi connectivity index (χ0) is 23.8. The lowest BCUT2D eigenvalue weighted by Gasteiger charge is -2.43. The highest BCUT2D eigenvalue weighted by Gasteiger charge is 2.47. The predicted molar refractivity (Wildman–Crippen MR) is 122 cm³/mol. The molecule has 0 aliphatic carbocycles. The molecule has 33 heavy (non-hydrogen) atoms. The van der Waals surface area contributed by atoms with Crippen molar-refractivity contribution in [3.05, 3.63) is 71.8 Å².